The number of carbonyl (C=O) groups is 4. The van der Waals surface area contributed by atoms with Crippen molar-refractivity contribution < 1.29 is 42.9 Å². The minimum Gasteiger partial charge on any atom is -0.475 e. The number of aldehydes is 1. The van der Waals surface area contributed by atoms with Gasteiger partial charge in [-0.05, 0) is 36.2 Å². The number of H-pyrrole nitrogens is 1. The van der Waals surface area contributed by atoms with E-state index in [-0.39, 0.29) is 29.9 Å². The summed E-state index contributed by atoms with van der Waals surface area (Å²) in [5, 5.41) is 7.63. The summed E-state index contributed by atoms with van der Waals surface area (Å²) < 4.78 is 28.0. The van der Waals surface area contributed by atoms with E-state index in [0.29, 0.717) is 83.9 Å². The summed E-state index contributed by atoms with van der Waals surface area (Å²) in [5.74, 6) is -0.877. The maximum absolute atomic E-state index is 13.4. The van der Waals surface area contributed by atoms with Crippen molar-refractivity contribution in [1.29, 1.82) is 0 Å². The number of imide groups is 1. The van der Waals surface area contributed by atoms with E-state index < -0.39 is 17.9 Å². The first kappa shape index (κ1) is 39.0. The predicted molar refractivity (Wildman–Crippen MR) is 204 cm³/mol. The number of likely N-dealkylation sites (N-methyl/N-ethyl adjacent to an activating group) is 1. The highest BCUT2D eigenvalue weighted by Crippen LogP contribution is 2.29. The zero-order valence-corrected chi connectivity index (χ0v) is 30.6. The number of aromatic nitrogens is 3. The third-order valence-corrected chi connectivity index (χ3v) is 9.06. The van der Waals surface area contributed by atoms with Gasteiger partial charge in [-0.25, -0.2) is 4.98 Å². The molecular formula is C40H44N6O9. The lowest BCUT2D eigenvalue weighted by molar-refractivity contribution is -0.136. The van der Waals surface area contributed by atoms with Gasteiger partial charge in [0.05, 0.1) is 58.4 Å². The molecule has 288 valence electrons. The van der Waals surface area contributed by atoms with Gasteiger partial charge in [-0.3, -0.25) is 29.5 Å². The van der Waals surface area contributed by atoms with Crippen molar-refractivity contribution in [1.82, 2.24) is 25.2 Å². The Labute approximate surface area is 317 Å². The quantitative estimate of drug-likeness (QED) is 0.0557. The second kappa shape index (κ2) is 19.5. The van der Waals surface area contributed by atoms with Crippen LogP contribution in [0.15, 0.2) is 73.2 Å². The first-order chi connectivity index (χ1) is 26.9. The van der Waals surface area contributed by atoms with Crippen LogP contribution < -0.4 is 15.4 Å². The van der Waals surface area contributed by atoms with Crippen molar-refractivity contribution in [3.8, 4) is 17.0 Å². The van der Waals surface area contributed by atoms with E-state index in [9.17, 15) is 19.2 Å². The Bertz CT molecular complexity index is 2090. The van der Waals surface area contributed by atoms with E-state index in [4.69, 9.17) is 23.7 Å². The number of hydrogen-bond acceptors (Lipinski definition) is 12. The summed E-state index contributed by atoms with van der Waals surface area (Å²) in [6.45, 7) is 3.87. The van der Waals surface area contributed by atoms with Gasteiger partial charge in [-0.15, -0.1) is 0 Å². The topological polar surface area (TPSA) is 183 Å². The fourth-order valence-electron chi connectivity index (χ4n) is 6.21. The third-order valence-electron chi connectivity index (χ3n) is 9.06. The van der Waals surface area contributed by atoms with Gasteiger partial charge < -0.3 is 38.9 Å². The van der Waals surface area contributed by atoms with Gasteiger partial charge in [0, 0.05) is 83.3 Å². The second-order valence-corrected chi connectivity index (χ2v) is 12.7. The van der Waals surface area contributed by atoms with Crippen LogP contribution in [0.2, 0.25) is 0 Å². The molecule has 0 saturated carbocycles. The van der Waals surface area contributed by atoms with Crippen LogP contribution in [0.5, 0.6) is 5.88 Å². The Morgan fingerprint density at radius 3 is 2.29 bits per heavy atom. The molecule has 5 aromatic rings. The molecule has 0 radical (unpaired) electrons. The summed E-state index contributed by atoms with van der Waals surface area (Å²) in [7, 11) is 1.48. The SMILES string of the molecule is CN(C(=O)c1c(C=O)cccc1NCCOCCOCCOCCOCCOc1ccc(-c2ccc3c(c2)[nH]c2ccncc23)cn1)C1CCC(=O)NC1=O. The van der Waals surface area contributed by atoms with Crippen LogP contribution in [0.1, 0.15) is 33.6 Å². The van der Waals surface area contributed by atoms with Crippen molar-refractivity contribution in [3.63, 3.8) is 0 Å². The lowest BCUT2D eigenvalue weighted by Gasteiger charge is -2.30. The van der Waals surface area contributed by atoms with E-state index >= 15 is 0 Å². The Hall–Kier alpha value is -5.74. The van der Waals surface area contributed by atoms with Crippen molar-refractivity contribution in [2.45, 2.75) is 18.9 Å². The largest absolute Gasteiger partial charge is 0.475 e. The summed E-state index contributed by atoms with van der Waals surface area (Å²) in [4.78, 5) is 62.3. The Balaban J connectivity index is 0.780. The maximum atomic E-state index is 13.4. The van der Waals surface area contributed by atoms with E-state index in [1.165, 1.54) is 18.0 Å². The van der Waals surface area contributed by atoms with Gasteiger partial charge in [0.1, 0.15) is 12.6 Å². The van der Waals surface area contributed by atoms with Crippen molar-refractivity contribution in [2.75, 3.05) is 78.4 Å². The molecule has 6 rings (SSSR count). The fourth-order valence-corrected chi connectivity index (χ4v) is 6.21. The van der Waals surface area contributed by atoms with E-state index in [0.717, 1.165) is 32.9 Å². The summed E-state index contributed by atoms with van der Waals surface area (Å²) >= 11 is 0. The third kappa shape index (κ3) is 10.3. The van der Waals surface area contributed by atoms with Gasteiger partial charge in [-0.2, -0.15) is 0 Å². The molecule has 15 heteroatoms. The molecule has 0 aliphatic carbocycles. The number of carbonyl (C=O) groups excluding carboxylic acids is 4. The molecule has 15 nitrogen and oxygen atoms in total. The van der Waals surface area contributed by atoms with Crippen LogP contribution in [0.4, 0.5) is 5.69 Å². The van der Waals surface area contributed by atoms with Gasteiger partial charge in [-0.1, -0.05) is 24.3 Å². The molecule has 1 saturated heterocycles. The Morgan fingerprint density at radius 1 is 0.855 bits per heavy atom. The van der Waals surface area contributed by atoms with Crippen LogP contribution >= 0.6 is 0 Å². The fraction of sp³-hybridized carbons (Fsp3) is 0.350. The highest BCUT2D eigenvalue weighted by atomic mass is 16.6. The van der Waals surface area contributed by atoms with Gasteiger partial charge in [0.25, 0.3) is 5.91 Å². The summed E-state index contributed by atoms with van der Waals surface area (Å²) in [6.07, 6.45) is 6.40. The number of nitrogens with one attached hydrogen (secondary N) is 3. The zero-order valence-electron chi connectivity index (χ0n) is 30.6. The summed E-state index contributed by atoms with van der Waals surface area (Å²) in [5.41, 5.74) is 4.95. The molecule has 55 heavy (non-hydrogen) atoms. The zero-order chi connectivity index (χ0) is 38.4. The van der Waals surface area contributed by atoms with Crippen LogP contribution in [0, 0.1) is 0 Å². The number of anilines is 1. The minimum absolute atomic E-state index is 0.135. The Kier molecular flexibility index (Phi) is 13.8. The molecule has 2 aromatic carbocycles. The van der Waals surface area contributed by atoms with E-state index in [1.54, 1.807) is 24.5 Å². The lowest BCUT2D eigenvalue weighted by atomic mass is 10.0. The molecule has 3 amide bonds. The maximum Gasteiger partial charge on any atom is 0.257 e. The highest BCUT2D eigenvalue weighted by molar-refractivity contribution is 6.09. The number of benzene rings is 2. The smallest absolute Gasteiger partial charge is 0.257 e. The number of hydrogen-bond donors (Lipinski definition) is 3. The van der Waals surface area contributed by atoms with Gasteiger partial charge >= 0.3 is 0 Å². The molecule has 1 atom stereocenters. The molecule has 0 spiro atoms. The van der Waals surface area contributed by atoms with E-state index in [2.05, 4.69) is 43.8 Å². The number of rotatable bonds is 21. The van der Waals surface area contributed by atoms with Gasteiger partial charge in [0.15, 0.2) is 6.29 Å². The number of fused-ring (bicyclic) bond motifs is 3. The molecule has 1 aliphatic rings. The van der Waals surface area contributed by atoms with Crippen LogP contribution in [0.3, 0.4) is 0 Å². The molecular weight excluding hydrogens is 708 g/mol. The van der Waals surface area contributed by atoms with Crippen LogP contribution in [-0.2, 0) is 28.5 Å². The molecule has 0 bridgehead atoms. The molecule has 3 aromatic heterocycles. The first-order valence-corrected chi connectivity index (χ1v) is 18.1. The first-order valence-electron chi connectivity index (χ1n) is 18.1. The van der Waals surface area contributed by atoms with Crippen LogP contribution in [0.25, 0.3) is 32.9 Å². The van der Waals surface area contributed by atoms with Crippen molar-refractivity contribution in [2.24, 2.45) is 0 Å². The van der Waals surface area contributed by atoms with Gasteiger partial charge in [0.2, 0.25) is 17.7 Å². The standard InChI is InChI=1S/C40H44N6O9/c1-46(35-8-9-36(48)45-39(35)49)40(50)38-29(26-47)3-2-4-33(38)42-13-14-51-15-16-52-17-18-53-19-20-54-21-22-55-37-10-6-28(24-43-37)27-5-7-30-31-25-41-12-11-32(31)44-34(30)23-27/h2-7,10-12,23-26,35,42,44H,8-9,13-22H2,1H3,(H,45,48,49). The summed E-state index contributed by atoms with van der Waals surface area (Å²) in [6, 6.07) is 16.2. The average molecular weight is 753 g/mol. The minimum atomic E-state index is -0.807. The van der Waals surface area contributed by atoms with Crippen molar-refractivity contribution in [3.05, 3.63) is 84.3 Å². The normalized spacial score (nSPS) is 14.2. The molecule has 1 fully saturated rings. The second-order valence-electron chi connectivity index (χ2n) is 12.7. The number of piperidine rings is 1. The lowest BCUT2D eigenvalue weighted by Crippen LogP contribution is -2.53. The number of ether oxygens (including phenoxy) is 5. The average Bonchev–Trinajstić information content (AvgIpc) is 3.58. The van der Waals surface area contributed by atoms with Crippen LogP contribution in [-0.4, -0.2) is 123 Å². The molecule has 4 heterocycles. The molecule has 1 unspecified atom stereocenters. The number of amides is 3. The Morgan fingerprint density at radius 2 is 1.58 bits per heavy atom. The predicted octanol–water partition coefficient (Wildman–Crippen LogP) is 4.03. The number of pyridine rings is 2. The van der Waals surface area contributed by atoms with Crippen molar-refractivity contribution >= 4 is 51.5 Å². The number of aromatic amines is 1. The van der Waals surface area contributed by atoms with E-state index in [1.807, 2.05) is 24.4 Å². The number of nitrogens with zero attached hydrogens (tertiary/aromatic N) is 3. The molecule has 1 aliphatic heterocycles. The highest BCUT2D eigenvalue weighted by Gasteiger charge is 2.34. The molecule has 3 N–H and O–H groups in total. The monoisotopic (exact) mass is 752 g/mol.